The highest BCUT2D eigenvalue weighted by atomic mass is 35.5. The molecular weight excluding hydrogens is 407 g/mol. The summed E-state index contributed by atoms with van der Waals surface area (Å²) in [5.74, 6) is -0.306. The maximum absolute atomic E-state index is 13.8. The lowest BCUT2D eigenvalue weighted by Crippen LogP contribution is -2.29. The van der Waals surface area contributed by atoms with Crippen LogP contribution in [0.2, 0.25) is 5.02 Å². The average molecular weight is 427 g/mol. The summed E-state index contributed by atoms with van der Waals surface area (Å²) in [4.78, 5) is 15.7. The third-order valence-electron chi connectivity index (χ3n) is 4.18. The number of halogens is 2. The normalized spacial score (nSPS) is 15.1. The molecule has 1 fully saturated rings. The van der Waals surface area contributed by atoms with Crippen LogP contribution in [0, 0.1) is 0 Å². The molecule has 7 nitrogen and oxygen atoms in total. The molecule has 3 N–H and O–H groups in total. The number of aromatic nitrogens is 1. The van der Waals surface area contributed by atoms with E-state index >= 15 is 0 Å². The lowest BCUT2D eigenvalue weighted by Gasteiger charge is -2.14. The van der Waals surface area contributed by atoms with Gasteiger partial charge in [-0.25, -0.2) is 22.5 Å². The van der Waals surface area contributed by atoms with Crippen LogP contribution < -0.4 is 15.4 Å². The summed E-state index contributed by atoms with van der Waals surface area (Å²) < 4.78 is 41.4. The van der Waals surface area contributed by atoms with Crippen molar-refractivity contribution in [3.63, 3.8) is 0 Å². The first kappa shape index (κ1) is 20.5. The van der Waals surface area contributed by atoms with Crippen molar-refractivity contribution < 1.29 is 17.6 Å². The van der Waals surface area contributed by atoms with Crippen LogP contribution in [0.3, 0.4) is 0 Å². The van der Waals surface area contributed by atoms with Gasteiger partial charge in [0, 0.05) is 24.8 Å². The molecule has 0 spiro atoms. The number of amides is 1. The highest BCUT2D eigenvalue weighted by Crippen LogP contribution is 2.39. The number of sulfonamides is 1. The second-order valence-corrected chi connectivity index (χ2v) is 8.74. The molecule has 0 aliphatic heterocycles. The first-order chi connectivity index (χ1) is 13.3. The van der Waals surface area contributed by atoms with Crippen LogP contribution in [0.5, 0.6) is 0 Å². The van der Waals surface area contributed by atoms with E-state index in [4.69, 9.17) is 11.6 Å². The van der Waals surface area contributed by atoms with Crippen LogP contribution in [0.15, 0.2) is 47.5 Å². The fourth-order valence-corrected chi connectivity index (χ4v) is 3.84. The molecule has 0 radical (unpaired) electrons. The molecule has 1 aliphatic carbocycles. The van der Waals surface area contributed by atoms with E-state index in [1.807, 2.05) is 6.07 Å². The number of nitrogens with one attached hydrogen (secondary N) is 3. The van der Waals surface area contributed by atoms with E-state index in [1.165, 1.54) is 12.3 Å². The molecule has 0 saturated heterocycles. The molecule has 1 amide bonds. The van der Waals surface area contributed by atoms with Crippen LogP contribution in [0.1, 0.15) is 19.3 Å². The van der Waals surface area contributed by atoms with Gasteiger partial charge in [-0.1, -0.05) is 29.8 Å². The molecule has 1 saturated carbocycles. The third kappa shape index (κ3) is 5.63. The number of alkyl halides is 1. The van der Waals surface area contributed by atoms with Crippen LogP contribution in [0.25, 0.3) is 0 Å². The minimum Gasteiger partial charge on any atom is -0.366 e. The van der Waals surface area contributed by atoms with Gasteiger partial charge >= 0.3 is 0 Å². The zero-order valence-electron chi connectivity index (χ0n) is 14.9. The number of hydrogen-bond acceptors (Lipinski definition) is 5. The maximum atomic E-state index is 13.8. The maximum Gasteiger partial charge on any atom is 0.244 e. The number of hydrogen-bond donors (Lipinski definition) is 3. The fraction of sp³-hybridized carbons (Fsp3) is 0.333. The molecule has 0 unspecified atom stereocenters. The van der Waals surface area contributed by atoms with Gasteiger partial charge in [-0.05, 0) is 31.0 Å². The zero-order chi connectivity index (χ0) is 20.2. The molecule has 0 atom stereocenters. The molecule has 1 aliphatic rings. The quantitative estimate of drug-likeness (QED) is 0.572. The van der Waals surface area contributed by atoms with E-state index in [-0.39, 0.29) is 41.2 Å². The summed E-state index contributed by atoms with van der Waals surface area (Å²) >= 11 is 5.88. The van der Waals surface area contributed by atoms with E-state index < -0.39 is 15.7 Å². The van der Waals surface area contributed by atoms with Gasteiger partial charge in [0.25, 0.3) is 0 Å². The molecule has 2 aromatic rings. The van der Waals surface area contributed by atoms with Crippen molar-refractivity contribution in [3.05, 3.63) is 47.6 Å². The Morgan fingerprint density at radius 2 is 1.96 bits per heavy atom. The summed E-state index contributed by atoms with van der Waals surface area (Å²) in [7, 11) is -3.99. The monoisotopic (exact) mass is 426 g/mol. The number of para-hydroxylation sites is 1. The van der Waals surface area contributed by atoms with Crippen LogP contribution >= 0.6 is 11.6 Å². The Morgan fingerprint density at radius 1 is 1.25 bits per heavy atom. The molecule has 1 heterocycles. The first-order valence-corrected chi connectivity index (χ1v) is 10.6. The smallest absolute Gasteiger partial charge is 0.244 e. The number of nitrogens with zero attached hydrogens (tertiary/aromatic N) is 1. The highest BCUT2D eigenvalue weighted by molar-refractivity contribution is 7.89. The van der Waals surface area contributed by atoms with Gasteiger partial charge in [0.1, 0.15) is 16.4 Å². The Bertz CT molecular complexity index is 953. The van der Waals surface area contributed by atoms with E-state index in [9.17, 15) is 17.6 Å². The third-order valence-corrected chi connectivity index (χ3v) is 5.86. The summed E-state index contributed by atoms with van der Waals surface area (Å²) in [6.45, 7) is -0.135. The number of carbonyl (C=O) groups is 1. The summed E-state index contributed by atoms with van der Waals surface area (Å²) in [6.07, 6.45) is 2.10. The van der Waals surface area contributed by atoms with Gasteiger partial charge in [-0.2, -0.15) is 0 Å². The lowest BCUT2D eigenvalue weighted by atomic mass is 10.3. The molecule has 28 heavy (non-hydrogen) atoms. The molecule has 150 valence electrons. The van der Waals surface area contributed by atoms with Crippen molar-refractivity contribution in [3.8, 4) is 0 Å². The van der Waals surface area contributed by atoms with Crippen LogP contribution in [0.4, 0.5) is 15.9 Å². The Hall–Kier alpha value is -2.23. The van der Waals surface area contributed by atoms with Gasteiger partial charge in [0.05, 0.1) is 11.6 Å². The predicted octanol–water partition coefficient (Wildman–Crippen LogP) is 2.96. The molecule has 1 aromatic carbocycles. The summed E-state index contributed by atoms with van der Waals surface area (Å²) in [5, 5.41) is 5.54. The van der Waals surface area contributed by atoms with Gasteiger partial charge in [0.15, 0.2) is 0 Å². The number of rotatable bonds is 9. The summed E-state index contributed by atoms with van der Waals surface area (Å²) in [6, 6.07) is 10.1. The lowest BCUT2D eigenvalue weighted by molar-refractivity contribution is -0.116. The number of pyridine rings is 1. The molecule has 1 aromatic heterocycles. The van der Waals surface area contributed by atoms with E-state index in [0.717, 1.165) is 0 Å². The van der Waals surface area contributed by atoms with Gasteiger partial charge < -0.3 is 10.6 Å². The Morgan fingerprint density at radius 3 is 2.64 bits per heavy atom. The average Bonchev–Trinajstić information content (AvgIpc) is 3.39. The van der Waals surface area contributed by atoms with E-state index in [1.54, 1.807) is 24.3 Å². The van der Waals surface area contributed by atoms with Crippen molar-refractivity contribution in [2.24, 2.45) is 0 Å². The van der Waals surface area contributed by atoms with E-state index in [2.05, 4.69) is 20.3 Å². The summed E-state index contributed by atoms with van der Waals surface area (Å²) in [5.41, 5.74) is -0.688. The van der Waals surface area contributed by atoms with Gasteiger partial charge in [-0.3, -0.25) is 4.79 Å². The highest BCUT2D eigenvalue weighted by Gasteiger charge is 2.43. The standard InChI is InChI=1S/C18H20ClFN4O3S/c19-13-10-15(17(21-11-13)22-12-18(20)7-8-18)28(26,27)23-9-6-16(25)24-14-4-2-1-3-5-14/h1-5,10-11,23H,6-9,12H2,(H,21,22)(H,24,25). The van der Waals surface area contributed by atoms with Crippen molar-refractivity contribution in [2.75, 3.05) is 23.7 Å². The van der Waals surface area contributed by atoms with Crippen molar-refractivity contribution in [2.45, 2.75) is 29.8 Å². The van der Waals surface area contributed by atoms with Crippen LogP contribution in [-0.4, -0.2) is 38.1 Å². The van der Waals surface area contributed by atoms with Crippen molar-refractivity contribution >= 4 is 39.0 Å². The number of benzene rings is 1. The van der Waals surface area contributed by atoms with E-state index in [0.29, 0.717) is 18.5 Å². The minimum atomic E-state index is -3.99. The first-order valence-electron chi connectivity index (χ1n) is 8.70. The Balaban J connectivity index is 1.60. The minimum absolute atomic E-state index is 0.0227. The molecule has 10 heteroatoms. The largest absolute Gasteiger partial charge is 0.366 e. The Labute approximate surface area is 167 Å². The van der Waals surface area contributed by atoms with Gasteiger partial charge in [0.2, 0.25) is 15.9 Å². The second-order valence-electron chi connectivity index (χ2n) is 6.57. The number of anilines is 2. The van der Waals surface area contributed by atoms with Crippen molar-refractivity contribution in [1.29, 1.82) is 0 Å². The predicted molar refractivity (Wildman–Crippen MR) is 106 cm³/mol. The van der Waals surface area contributed by atoms with Crippen molar-refractivity contribution in [1.82, 2.24) is 9.71 Å². The second kappa shape index (κ2) is 8.42. The number of carbonyl (C=O) groups excluding carboxylic acids is 1. The fourth-order valence-electron chi connectivity index (χ4n) is 2.43. The molecule has 3 rings (SSSR count). The zero-order valence-corrected chi connectivity index (χ0v) is 16.5. The van der Waals surface area contributed by atoms with Gasteiger partial charge in [-0.15, -0.1) is 0 Å². The van der Waals surface area contributed by atoms with Crippen LogP contribution in [-0.2, 0) is 14.8 Å². The Kier molecular flexibility index (Phi) is 6.17. The topological polar surface area (TPSA) is 100 Å². The SMILES string of the molecule is O=C(CCNS(=O)(=O)c1cc(Cl)cnc1NCC1(F)CC1)Nc1ccccc1. The molecular formula is C18H20ClFN4O3S. The molecule has 0 bridgehead atoms.